The number of rotatable bonds is 56. The van der Waals surface area contributed by atoms with Crippen LogP contribution in [0.15, 0.2) is 192 Å². The van der Waals surface area contributed by atoms with E-state index in [9.17, 15) is 30.6 Å². The van der Waals surface area contributed by atoms with Crippen molar-refractivity contribution in [2.45, 2.75) is 295 Å². The second-order valence-corrected chi connectivity index (χ2v) is 47.5. The molecule has 0 spiro atoms. The van der Waals surface area contributed by atoms with Gasteiger partial charge in [0, 0.05) is 87.2 Å². The third-order valence-corrected chi connectivity index (χ3v) is 39.2. The molecule has 18 rings (SSSR count). The zero-order valence-corrected chi connectivity index (χ0v) is 90.4. The van der Waals surface area contributed by atoms with Gasteiger partial charge >= 0.3 is 0 Å². The van der Waals surface area contributed by atoms with E-state index in [-0.39, 0.29) is 22.7 Å². The largest absolute Gasteiger partial charge is 0.494 e. The number of fused-ring (bicyclic) bond motifs is 15. The number of ketones is 2. The Hall–Kier alpha value is -11.0. The van der Waals surface area contributed by atoms with Crippen molar-refractivity contribution in [3.05, 3.63) is 269 Å². The number of hydrogen-bond acceptors (Lipinski definition) is 20. The highest BCUT2D eigenvalue weighted by Gasteiger charge is 2.57. The lowest BCUT2D eigenvalue weighted by molar-refractivity contribution is 0.103. The standard InChI is InChI=1S/C124H130N6O6S8/c1-5-9-13-17-21-25-29-33-37-45-69-133-89-61-53-85(54-62-89)123(86-55-63-90(64-56-86)134-70-46-38-34-30-26-22-18-14-10-6-2)107-113-101(75-103(141-113)121-129-81-93(137-121)73-99-105(83(77-125)78-126)95-49-41-43-51-97(95)111(99)131)139-115(107)117-109(123)119-120(143-117)110-118(144-119)116-108(114-102(140-116)76-104(142-114)122-130-82-94(138-122)74-100-106(84(79-127)80-128)96-50-42-44-52-98(96)112(100)132)124(110,87-57-65-91(66-58-87)135-71-47-39-35-31-27-23-19-15-11-7-3)88-59-67-92(68-60-88)136-72-48-40-36-32-28-24-20-16-12-8-4/h41-44,49-68,73-76,81-82H,5-40,45-48,69-72H2,1-4H3/b99-73-,100-74-. The fourth-order valence-corrected chi connectivity index (χ4v) is 32.6. The number of hydrogen-bond donors (Lipinski definition) is 0. The Labute approximate surface area is 883 Å². The first-order valence-corrected chi connectivity index (χ1v) is 59.9. The molecule has 0 saturated heterocycles. The molecule has 144 heavy (non-hydrogen) atoms. The van der Waals surface area contributed by atoms with Gasteiger partial charge in [-0.3, -0.25) is 9.59 Å². The van der Waals surface area contributed by atoms with Crippen molar-refractivity contribution in [3.63, 3.8) is 0 Å². The van der Waals surface area contributed by atoms with Crippen LogP contribution in [0, 0.1) is 45.3 Å². The quantitative estimate of drug-likeness (QED) is 0.0199. The van der Waals surface area contributed by atoms with Crippen LogP contribution in [0.2, 0.25) is 0 Å². The zero-order valence-electron chi connectivity index (χ0n) is 83.8. The third-order valence-electron chi connectivity index (χ3n) is 29.3. The average molecular weight is 2060 g/mol. The molecule has 20 heteroatoms. The first-order chi connectivity index (χ1) is 71.0. The molecule has 0 aliphatic heterocycles. The Morgan fingerprint density at radius 3 is 0.819 bits per heavy atom. The lowest BCUT2D eigenvalue weighted by Crippen LogP contribution is -2.29. The number of nitrogens with zero attached hydrogens (tertiary/aromatic N) is 6. The minimum atomic E-state index is -0.927. The Morgan fingerprint density at radius 1 is 0.299 bits per heavy atom. The van der Waals surface area contributed by atoms with Gasteiger partial charge in [-0.05, 0) is 132 Å². The maximum Gasteiger partial charge on any atom is 0.194 e. The first-order valence-electron chi connectivity index (χ1n) is 53.4. The van der Waals surface area contributed by atoms with Gasteiger partial charge in [-0.25, -0.2) is 9.97 Å². The van der Waals surface area contributed by atoms with E-state index in [1.165, 1.54) is 289 Å². The van der Waals surface area contributed by atoms with Gasteiger partial charge in [-0.2, -0.15) is 21.0 Å². The molecule has 0 atom stereocenters. The molecule has 8 heterocycles. The van der Waals surface area contributed by atoms with Gasteiger partial charge < -0.3 is 18.9 Å². The van der Waals surface area contributed by atoms with Crippen LogP contribution in [0.4, 0.5) is 0 Å². The van der Waals surface area contributed by atoms with Crippen LogP contribution in [0.3, 0.4) is 0 Å². The molecule has 0 saturated carbocycles. The summed E-state index contributed by atoms with van der Waals surface area (Å²) in [5, 5.41) is 43.0. The number of thiazole rings is 2. The number of Topliss-reactive ketones (excluding diaryl/α,β-unsaturated/α-hetero) is 2. The second kappa shape index (κ2) is 49.9. The summed E-state index contributed by atoms with van der Waals surface area (Å²) in [6.07, 6.45) is 57.0. The minimum absolute atomic E-state index is 0.105. The number of allylic oxidation sites excluding steroid dienone is 6. The number of benzene rings is 6. The average Bonchev–Trinajstić information content (AvgIpc) is 1.47. The van der Waals surface area contributed by atoms with Crippen molar-refractivity contribution < 1.29 is 28.5 Å². The fraction of sp³-hybridized carbons (Fsp3) is 0.403. The molecule has 14 aromatic rings. The van der Waals surface area contributed by atoms with Gasteiger partial charge in [-0.15, -0.1) is 90.7 Å². The molecule has 0 bridgehead atoms. The van der Waals surface area contributed by atoms with Crippen LogP contribution in [0.25, 0.3) is 90.8 Å². The lowest BCUT2D eigenvalue weighted by atomic mass is 9.67. The molecular weight excluding hydrogens is 1930 g/mol. The molecule has 0 unspecified atom stereocenters. The van der Waals surface area contributed by atoms with Gasteiger partial charge in [0.25, 0.3) is 0 Å². The number of carbonyl (C=O) groups excluding carboxylic acids is 2. The summed E-state index contributed by atoms with van der Waals surface area (Å²) in [7, 11) is 0. The van der Waals surface area contributed by atoms with Gasteiger partial charge in [-0.1, -0.05) is 356 Å². The van der Waals surface area contributed by atoms with Crippen LogP contribution in [0.1, 0.15) is 371 Å². The summed E-state index contributed by atoms with van der Waals surface area (Å²) in [4.78, 5) is 47.6. The Bertz CT molecular complexity index is 6550. The molecule has 12 nitrogen and oxygen atoms in total. The van der Waals surface area contributed by atoms with Gasteiger partial charge in [0.1, 0.15) is 68.4 Å². The monoisotopic (exact) mass is 2050 g/mol. The van der Waals surface area contributed by atoms with Crippen molar-refractivity contribution in [2.24, 2.45) is 0 Å². The molecule has 0 radical (unpaired) electrons. The van der Waals surface area contributed by atoms with Crippen molar-refractivity contribution in [3.8, 4) is 86.6 Å². The normalized spacial score (nSPS) is 14.1. The molecule has 4 aliphatic rings. The summed E-state index contributed by atoms with van der Waals surface area (Å²) in [6.45, 7) is 11.7. The van der Waals surface area contributed by atoms with Gasteiger partial charge in [0.05, 0.1) is 85.3 Å². The SMILES string of the molecule is CCCCCCCCCCCCOc1ccc(C2(c3ccc(OCCCCCCCCCCCC)cc3)c3c(sc4cc(-c5ncc(/C=C6\C(=O)c7ccccc7C6=C(C#N)C#N)s5)sc34)-c3sc4c5c(sc4c32)-c2sc3cc(-c4ncc(/C=C6\C(=O)c7ccccc7C6=C(C#N)C#N)s4)sc3c2C5(c2ccc(OCCCCCCCCCCCC)cc2)c2ccc(OCCCCCCCCCCCC)cc2)cc1. The van der Waals surface area contributed by atoms with E-state index >= 15 is 0 Å². The topological polar surface area (TPSA) is 192 Å². The number of unbranched alkanes of at least 4 members (excludes halogenated alkanes) is 36. The number of carbonyl (C=O) groups is 2. The van der Waals surface area contributed by atoms with Gasteiger partial charge in [0.15, 0.2) is 11.6 Å². The lowest BCUT2D eigenvalue weighted by Gasteiger charge is -2.34. The molecule has 740 valence electrons. The van der Waals surface area contributed by atoms with Crippen LogP contribution >= 0.6 is 90.7 Å². The van der Waals surface area contributed by atoms with Crippen LogP contribution in [0.5, 0.6) is 23.0 Å². The second-order valence-electron chi connectivity index (χ2n) is 39.2. The summed E-state index contributed by atoms with van der Waals surface area (Å²) >= 11 is 14.1. The summed E-state index contributed by atoms with van der Waals surface area (Å²) in [5.74, 6) is 2.92. The number of ether oxygens (including phenoxy) is 4. The Morgan fingerprint density at radius 2 is 0.549 bits per heavy atom. The van der Waals surface area contributed by atoms with E-state index in [1.54, 1.807) is 34.8 Å². The maximum atomic E-state index is 14.4. The summed E-state index contributed by atoms with van der Waals surface area (Å²) < 4.78 is 34.4. The van der Waals surface area contributed by atoms with Gasteiger partial charge in [0.2, 0.25) is 0 Å². The molecule has 0 N–H and O–H groups in total. The highest BCUT2D eigenvalue weighted by molar-refractivity contribution is 7.38. The summed E-state index contributed by atoms with van der Waals surface area (Å²) in [5.41, 5.74) is 10.9. The van der Waals surface area contributed by atoms with E-state index in [2.05, 4.69) is 161 Å². The molecule has 6 aromatic carbocycles. The third kappa shape index (κ3) is 22.0. The predicted molar refractivity (Wildman–Crippen MR) is 606 cm³/mol. The van der Waals surface area contributed by atoms with Crippen molar-refractivity contribution >= 4 is 154 Å². The highest BCUT2D eigenvalue weighted by Crippen LogP contribution is 2.73. The van der Waals surface area contributed by atoms with E-state index in [0.717, 1.165) is 136 Å². The van der Waals surface area contributed by atoms with Crippen molar-refractivity contribution in [2.75, 3.05) is 26.4 Å². The summed E-state index contributed by atoms with van der Waals surface area (Å²) in [6, 6.07) is 64.1. The van der Waals surface area contributed by atoms with E-state index in [0.29, 0.717) is 71.0 Å². The first kappa shape index (κ1) is 103. The van der Waals surface area contributed by atoms with E-state index < -0.39 is 10.8 Å². The smallest absolute Gasteiger partial charge is 0.194 e. The maximum absolute atomic E-state index is 14.4. The van der Waals surface area contributed by atoms with Crippen molar-refractivity contribution in [1.29, 1.82) is 21.0 Å². The Balaban J connectivity index is 0.791. The predicted octanol–water partition coefficient (Wildman–Crippen LogP) is 37.8. The molecule has 0 amide bonds. The van der Waals surface area contributed by atoms with E-state index in [4.69, 9.17) is 28.9 Å². The Kier molecular flexibility index (Phi) is 35.7. The van der Waals surface area contributed by atoms with Crippen LogP contribution < -0.4 is 18.9 Å². The zero-order chi connectivity index (χ0) is 99.1. The van der Waals surface area contributed by atoms with Crippen LogP contribution in [-0.2, 0) is 10.8 Å². The minimum Gasteiger partial charge on any atom is -0.494 e. The number of nitriles is 4. The molecular formula is C124H130N6O6S8. The molecule has 4 aliphatic carbocycles. The van der Waals surface area contributed by atoms with Crippen LogP contribution in [-0.4, -0.2) is 48.0 Å². The number of thiophene rings is 6. The van der Waals surface area contributed by atoms with E-state index in [1.807, 2.05) is 106 Å². The fourth-order valence-electron chi connectivity index (χ4n) is 21.9. The number of aromatic nitrogens is 2. The molecule has 8 aromatic heterocycles. The molecule has 0 fully saturated rings. The van der Waals surface area contributed by atoms with Crippen molar-refractivity contribution in [1.82, 2.24) is 9.97 Å². The highest BCUT2D eigenvalue weighted by atomic mass is 32.1.